The van der Waals surface area contributed by atoms with Crippen LogP contribution in [0.5, 0.6) is 5.75 Å². The first-order valence-corrected chi connectivity index (χ1v) is 7.41. The van der Waals surface area contributed by atoms with Crippen molar-refractivity contribution in [3.05, 3.63) is 90.0 Å². The van der Waals surface area contributed by atoms with E-state index < -0.39 is 11.7 Å². The molecule has 120 valence electrons. The zero-order valence-corrected chi connectivity index (χ0v) is 12.8. The molecule has 0 unspecified atom stereocenters. The highest BCUT2D eigenvalue weighted by molar-refractivity contribution is 6.06. The standard InChI is InChI=1S/C19H15FN2O2/c20-16-9-2-1-8-15(16)19(24)22(13-14-7-5-6-12-21-14)17-10-3-4-11-18(17)23/h1-12,23H,13H2. The summed E-state index contributed by atoms with van der Waals surface area (Å²) in [5, 5.41) is 10.1. The molecule has 0 radical (unpaired) electrons. The summed E-state index contributed by atoms with van der Waals surface area (Å²) in [4.78, 5) is 18.4. The zero-order chi connectivity index (χ0) is 16.9. The highest BCUT2D eigenvalue weighted by atomic mass is 19.1. The smallest absolute Gasteiger partial charge is 0.261 e. The predicted octanol–water partition coefficient (Wildman–Crippen LogP) is 3.77. The molecular weight excluding hydrogens is 307 g/mol. The van der Waals surface area contributed by atoms with Crippen LogP contribution in [0.1, 0.15) is 16.1 Å². The predicted molar refractivity (Wildman–Crippen MR) is 89.3 cm³/mol. The van der Waals surface area contributed by atoms with E-state index in [2.05, 4.69) is 4.98 Å². The lowest BCUT2D eigenvalue weighted by atomic mass is 10.1. The van der Waals surface area contributed by atoms with Crippen molar-refractivity contribution >= 4 is 11.6 Å². The number of para-hydroxylation sites is 2. The van der Waals surface area contributed by atoms with Gasteiger partial charge in [0.15, 0.2) is 0 Å². The number of carbonyl (C=O) groups excluding carboxylic acids is 1. The summed E-state index contributed by atoms with van der Waals surface area (Å²) < 4.78 is 14.0. The third kappa shape index (κ3) is 3.25. The SMILES string of the molecule is O=C(c1ccccc1F)N(Cc1ccccn1)c1ccccc1O. The number of aromatic nitrogens is 1. The fourth-order valence-electron chi connectivity index (χ4n) is 2.39. The molecule has 0 saturated heterocycles. The fraction of sp³-hybridized carbons (Fsp3) is 0.0526. The monoisotopic (exact) mass is 322 g/mol. The lowest BCUT2D eigenvalue weighted by Crippen LogP contribution is -2.31. The average Bonchev–Trinajstić information content (AvgIpc) is 2.61. The van der Waals surface area contributed by atoms with Crippen LogP contribution in [0, 0.1) is 5.82 Å². The van der Waals surface area contributed by atoms with Crippen molar-refractivity contribution in [2.24, 2.45) is 0 Å². The molecule has 4 nitrogen and oxygen atoms in total. The second kappa shape index (κ2) is 6.91. The maximum atomic E-state index is 14.0. The Kier molecular flexibility index (Phi) is 4.52. The summed E-state index contributed by atoms with van der Waals surface area (Å²) in [7, 11) is 0. The van der Waals surface area contributed by atoms with Crippen LogP contribution in [0.25, 0.3) is 0 Å². The van der Waals surface area contributed by atoms with Crippen molar-refractivity contribution < 1.29 is 14.3 Å². The van der Waals surface area contributed by atoms with Gasteiger partial charge in [0.05, 0.1) is 23.5 Å². The van der Waals surface area contributed by atoms with Gasteiger partial charge >= 0.3 is 0 Å². The number of phenolic OH excluding ortho intramolecular Hbond substituents is 1. The maximum Gasteiger partial charge on any atom is 0.261 e. The van der Waals surface area contributed by atoms with Gasteiger partial charge in [-0.2, -0.15) is 0 Å². The molecule has 0 bridgehead atoms. The van der Waals surface area contributed by atoms with Crippen LogP contribution in [-0.4, -0.2) is 16.0 Å². The number of pyridine rings is 1. The topological polar surface area (TPSA) is 53.4 Å². The lowest BCUT2D eigenvalue weighted by Gasteiger charge is -2.23. The van der Waals surface area contributed by atoms with Crippen molar-refractivity contribution in [2.75, 3.05) is 4.90 Å². The third-order valence-electron chi connectivity index (χ3n) is 3.57. The van der Waals surface area contributed by atoms with Gasteiger partial charge in [-0.05, 0) is 36.4 Å². The Morgan fingerprint density at radius 3 is 2.42 bits per heavy atom. The fourth-order valence-corrected chi connectivity index (χ4v) is 2.39. The molecule has 0 fully saturated rings. The summed E-state index contributed by atoms with van der Waals surface area (Å²) in [6.45, 7) is 0.117. The summed E-state index contributed by atoms with van der Waals surface area (Å²) in [6, 6.07) is 17.6. The van der Waals surface area contributed by atoms with Gasteiger partial charge in [0, 0.05) is 6.20 Å². The number of aromatic hydroxyl groups is 1. The number of nitrogens with zero attached hydrogens (tertiary/aromatic N) is 2. The molecule has 2 aromatic carbocycles. The van der Waals surface area contributed by atoms with Crippen LogP contribution in [0.2, 0.25) is 0 Å². The second-order valence-electron chi connectivity index (χ2n) is 5.18. The van der Waals surface area contributed by atoms with Crippen LogP contribution in [-0.2, 0) is 6.54 Å². The highest BCUT2D eigenvalue weighted by Crippen LogP contribution is 2.29. The highest BCUT2D eigenvalue weighted by Gasteiger charge is 2.23. The number of anilines is 1. The van der Waals surface area contributed by atoms with Gasteiger partial charge in [-0.15, -0.1) is 0 Å². The largest absolute Gasteiger partial charge is 0.506 e. The first kappa shape index (κ1) is 15.7. The van der Waals surface area contributed by atoms with E-state index in [9.17, 15) is 14.3 Å². The molecular formula is C19H15FN2O2. The zero-order valence-electron chi connectivity index (χ0n) is 12.8. The normalized spacial score (nSPS) is 10.4. The van der Waals surface area contributed by atoms with Crippen LogP contribution in [0.3, 0.4) is 0 Å². The Labute approximate surface area is 138 Å². The van der Waals surface area contributed by atoms with Crippen molar-refractivity contribution in [3.8, 4) is 5.75 Å². The Morgan fingerprint density at radius 1 is 1.00 bits per heavy atom. The Balaban J connectivity index is 2.04. The maximum absolute atomic E-state index is 14.0. The molecule has 0 spiro atoms. The van der Waals surface area contributed by atoms with E-state index in [0.29, 0.717) is 11.4 Å². The van der Waals surface area contributed by atoms with Gasteiger partial charge in [-0.3, -0.25) is 14.7 Å². The summed E-state index contributed by atoms with van der Waals surface area (Å²) in [6.07, 6.45) is 1.62. The van der Waals surface area contributed by atoms with Gasteiger partial charge in [-0.1, -0.05) is 30.3 Å². The quantitative estimate of drug-likeness (QED) is 0.795. The van der Waals surface area contributed by atoms with Crippen LogP contribution in [0.4, 0.5) is 10.1 Å². The van der Waals surface area contributed by atoms with Crippen molar-refractivity contribution in [3.63, 3.8) is 0 Å². The van der Waals surface area contributed by atoms with Gasteiger partial charge in [0.2, 0.25) is 0 Å². The summed E-state index contributed by atoms with van der Waals surface area (Å²) >= 11 is 0. The summed E-state index contributed by atoms with van der Waals surface area (Å²) in [5.41, 5.74) is 0.874. The van der Waals surface area contributed by atoms with Crippen LogP contribution in [0.15, 0.2) is 72.9 Å². The minimum Gasteiger partial charge on any atom is -0.506 e. The Hall–Kier alpha value is -3.21. The molecule has 24 heavy (non-hydrogen) atoms. The molecule has 1 N–H and O–H groups in total. The minimum absolute atomic E-state index is 0.0573. The van der Waals surface area contributed by atoms with Gasteiger partial charge in [0.25, 0.3) is 5.91 Å². The minimum atomic E-state index is -0.607. The third-order valence-corrected chi connectivity index (χ3v) is 3.57. The Morgan fingerprint density at radius 2 is 1.71 bits per heavy atom. The molecule has 1 heterocycles. The molecule has 5 heteroatoms. The molecule has 0 aliphatic rings. The van der Waals surface area contributed by atoms with Crippen molar-refractivity contribution in [1.29, 1.82) is 0 Å². The van der Waals surface area contributed by atoms with E-state index in [1.807, 2.05) is 0 Å². The van der Waals surface area contributed by atoms with E-state index >= 15 is 0 Å². The van der Waals surface area contributed by atoms with Crippen molar-refractivity contribution in [2.45, 2.75) is 6.54 Å². The van der Waals surface area contributed by atoms with Crippen LogP contribution < -0.4 is 4.90 Å². The van der Waals surface area contributed by atoms with Gasteiger partial charge < -0.3 is 5.11 Å². The number of rotatable bonds is 4. The van der Waals surface area contributed by atoms with Crippen molar-refractivity contribution in [1.82, 2.24) is 4.98 Å². The van der Waals surface area contributed by atoms with E-state index in [1.54, 1.807) is 48.7 Å². The number of carbonyl (C=O) groups is 1. The number of benzene rings is 2. The molecule has 3 rings (SSSR count). The molecule has 0 aliphatic carbocycles. The average molecular weight is 322 g/mol. The van der Waals surface area contributed by atoms with E-state index in [-0.39, 0.29) is 17.9 Å². The van der Waals surface area contributed by atoms with E-state index in [0.717, 1.165) is 0 Å². The first-order chi connectivity index (χ1) is 11.7. The van der Waals surface area contributed by atoms with Gasteiger partial charge in [0.1, 0.15) is 11.6 Å². The molecule has 1 amide bonds. The van der Waals surface area contributed by atoms with E-state index in [4.69, 9.17) is 0 Å². The molecule has 0 saturated carbocycles. The summed E-state index contributed by atoms with van der Waals surface area (Å²) in [5.74, 6) is -1.21. The number of phenols is 1. The molecule has 1 aromatic heterocycles. The number of hydrogen-bond donors (Lipinski definition) is 1. The number of amides is 1. The number of hydrogen-bond acceptors (Lipinski definition) is 3. The molecule has 3 aromatic rings. The Bertz CT molecular complexity index is 853. The van der Waals surface area contributed by atoms with Crippen LogP contribution >= 0.6 is 0 Å². The second-order valence-corrected chi connectivity index (χ2v) is 5.18. The van der Waals surface area contributed by atoms with Gasteiger partial charge in [-0.25, -0.2) is 4.39 Å². The lowest BCUT2D eigenvalue weighted by molar-refractivity contribution is 0.0980. The van der Waals surface area contributed by atoms with E-state index in [1.165, 1.54) is 29.2 Å². The number of halogens is 1. The first-order valence-electron chi connectivity index (χ1n) is 7.41. The molecule has 0 aliphatic heterocycles. The molecule has 0 atom stereocenters.